The van der Waals surface area contributed by atoms with Crippen LogP contribution in [0.2, 0.25) is 0 Å². The SMILES string of the molecule is Cc1cc(C#N)cc(-c2cnn(C3CCCC3)c2)c1. The molecule has 0 saturated heterocycles. The molecule has 1 saturated carbocycles. The van der Waals surface area contributed by atoms with Crippen molar-refractivity contribution in [1.29, 1.82) is 5.26 Å². The smallest absolute Gasteiger partial charge is 0.0991 e. The molecule has 0 bridgehead atoms. The van der Waals surface area contributed by atoms with E-state index in [1.54, 1.807) is 0 Å². The summed E-state index contributed by atoms with van der Waals surface area (Å²) >= 11 is 0. The summed E-state index contributed by atoms with van der Waals surface area (Å²) in [7, 11) is 0. The molecule has 1 heterocycles. The van der Waals surface area contributed by atoms with Gasteiger partial charge in [0.2, 0.25) is 0 Å². The minimum absolute atomic E-state index is 0.564. The third kappa shape index (κ3) is 2.39. The van der Waals surface area contributed by atoms with Gasteiger partial charge in [-0.15, -0.1) is 0 Å². The second-order valence-electron chi connectivity index (χ2n) is 5.35. The van der Waals surface area contributed by atoms with E-state index in [-0.39, 0.29) is 0 Å². The van der Waals surface area contributed by atoms with Crippen LogP contribution in [0.5, 0.6) is 0 Å². The lowest BCUT2D eigenvalue weighted by molar-refractivity contribution is 0.467. The third-order valence-electron chi connectivity index (χ3n) is 3.84. The summed E-state index contributed by atoms with van der Waals surface area (Å²) in [5, 5.41) is 13.5. The Kier molecular flexibility index (Phi) is 3.08. The van der Waals surface area contributed by atoms with E-state index in [2.05, 4.69) is 28.1 Å². The first-order valence-electron chi connectivity index (χ1n) is 6.82. The zero-order valence-electron chi connectivity index (χ0n) is 11.1. The summed E-state index contributed by atoms with van der Waals surface area (Å²) < 4.78 is 2.09. The second kappa shape index (κ2) is 4.89. The van der Waals surface area contributed by atoms with Crippen LogP contribution >= 0.6 is 0 Å². The van der Waals surface area contributed by atoms with Crippen molar-refractivity contribution in [1.82, 2.24) is 9.78 Å². The Labute approximate surface area is 113 Å². The topological polar surface area (TPSA) is 41.6 Å². The quantitative estimate of drug-likeness (QED) is 0.813. The number of rotatable bonds is 2. The molecule has 0 atom stereocenters. The van der Waals surface area contributed by atoms with E-state index in [0.29, 0.717) is 11.6 Å². The Balaban J connectivity index is 1.94. The largest absolute Gasteiger partial charge is 0.269 e. The minimum Gasteiger partial charge on any atom is -0.269 e. The van der Waals surface area contributed by atoms with Gasteiger partial charge in [-0.3, -0.25) is 4.68 Å². The first-order valence-corrected chi connectivity index (χ1v) is 6.82. The van der Waals surface area contributed by atoms with E-state index in [1.807, 2.05) is 25.3 Å². The zero-order chi connectivity index (χ0) is 13.2. The van der Waals surface area contributed by atoms with E-state index in [4.69, 9.17) is 5.26 Å². The maximum Gasteiger partial charge on any atom is 0.0991 e. The fraction of sp³-hybridized carbons (Fsp3) is 0.375. The van der Waals surface area contributed by atoms with Gasteiger partial charge < -0.3 is 0 Å². The van der Waals surface area contributed by atoms with Gasteiger partial charge in [0.05, 0.1) is 23.9 Å². The molecule has 19 heavy (non-hydrogen) atoms. The van der Waals surface area contributed by atoms with Gasteiger partial charge in [-0.2, -0.15) is 10.4 Å². The van der Waals surface area contributed by atoms with Crippen molar-refractivity contribution in [2.24, 2.45) is 0 Å². The van der Waals surface area contributed by atoms with Crippen LogP contribution in [-0.2, 0) is 0 Å². The van der Waals surface area contributed by atoms with Crippen LogP contribution in [0.1, 0.15) is 42.9 Å². The molecule has 1 aliphatic carbocycles. The number of nitrogens with zero attached hydrogens (tertiary/aromatic N) is 3. The van der Waals surface area contributed by atoms with Crippen LogP contribution in [0, 0.1) is 18.3 Å². The lowest BCUT2D eigenvalue weighted by atomic mass is 10.0. The fourth-order valence-electron chi connectivity index (χ4n) is 2.87. The lowest BCUT2D eigenvalue weighted by Gasteiger charge is -2.08. The molecule has 1 aromatic carbocycles. The molecule has 0 amide bonds. The maximum absolute atomic E-state index is 9.04. The predicted molar refractivity (Wildman–Crippen MR) is 74.6 cm³/mol. The molecule has 1 aliphatic rings. The van der Waals surface area contributed by atoms with Crippen molar-refractivity contribution in [2.45, 2.75) is 38.6 Å². The van der Waals surface area contributed by atoms with Crippen molar-refractivity contribution in [3.63, 3.8) is 0 Å². The highest BCUT2D eigenvalue weighted by molar-refractivity contribution is 5.64. The van der Waals surface area contributed by atoms with Crippen molar-refractivity contribution in [3.05, 3.63) is 41.7 Å². The number of hydrogen-bond donors (Lipinski definition) is 0. The number of hydrogen-bond acceptors (Lipinski definition) is 2. The van der Waals surface area contributed by atoms with Gasteiger partial charge in [0.25, 0.3) is 0 Å². The van der Waals surface area contributed by atoms with Crippen molar-refractivity contribution < 1.29 is 0 Å². The van der Waals surface area contributed by atoms with Crippen LogP contribution in [0.4, 0.5) is 0 Å². The van der Waals surface area contributed by atoms with Gasteiger partial charge in [-0.05, 0) is 43.0 Å². The van der Waals surface area contributed by atoms with Crippen LogP contribution in [0.15, 0.2) is 30.6 Å². The Bertz CT molecular complexity index is 628. The third-order valence-corrected chi connectivity index (χ3v) is 3.84. The van der Waals surface area contributed by atoms with Gasteiger partial charge in [0.1, 0.15) is 0 Å². The standard InChI is InChI=1S/C16H17N3/c1-12-6-13(9-17)8-14(7-12)15-10-18-19(11-15)16-4-2-3-5-16/h6-8,10-11,16H,2-5H2,1H3. The Hall–Kier alpha value is -2.08. The van der Waals surface area contributed by atoms with Gasteiger partial charge in [0, 0.05) is 11.8 Å². The molecule has 1 fully saturated rings. The molecule has 3 rings (SSSR count). The van der Waals surface area contributed by atoms with E-state index in [0.717, 1.165) is 16.7 Å². The predicted octanol–water partition coefficient (Wildman–Crippen LogP) is 3.85. The lowest BCUT2D eigenvalue weighted by Crippen LogP contribution is -2.04. The Morgan fingerprint density at radius 2 is 2.00 bits per heavy atom. The zero-order valence-corrected chi connectivity index (χ0v) is 11.1. The first kappa shape index (κ1) is 12.0. The molecule has 96 valence electrons. The van der Waals surface area contributed by atoms with E-state index >= 15 is 0 Å². The average Bonchev–Trinajstić information content (AvgIpc) is 3.08. The van der Waals surface area contributed by atoms with Crippen molar-refractivity contribution in [2.75, 3.05) is 0 Å². The Morgan fingerprint density at radius 3 is 2.74 bits per heavy atom. The molecule has 2 aromatic rings. The molecule has 1 aromatic heterocycles. The Morgan fingerprint density at radius 1 is 1.21 bits per heavy atom. The van der Waals surface area contributed by atoms with Gasteiger partial charge in [0.15, 0.2) is 0 Å². The summed E-state index contributed by atoms with van der Waals surface area (Å²) in [4.78, 5) is 0. The molecule has 0 aliphatic heterocycles. The summed E-state index contributed by atoms with van der Waals surface area (Å²) in [6, 6.07) is 8.73. The monoisotopic (exact) mass is 251 g/mol. The van der Waals surface area contributed by atoms with E-state index in [9.17, 15) is 0 Å². The molecule has 0 radical (unpaired) electrons. The van der Waals surface area contributed by atoms with E-state index in [1.165, 1.54) is 25.7 Å². The van der Waals surface area contributed by atoms with Crippen LogP contribution < -0.4 is 0 Å². The normalized spacial score (nSPS) is 15.6. The number of aromatic nitrogens is 2. The molecule has 3 heteroatoms. The summed E-state index contributed by atoms with van der Waals surface area (Å²) in [6.07, 6.45) is 9.11. The maximum atomic E-state index is 9.04. The molecular formula is C16H17N3. The first-order chi connectivity index (χ1) is 9.26. The van der Waals surface area contributed by atoms with Crippen LogP contribution in [-0.4, -0.2) is 9.78 Å². The molecule has 0 N–H and O–H groups in total. The summed E-state index contributed by atoms with van der Waals surface area (Å²) in [6.45, 7) is 2.02. The van der Waals surface area contributed by atoms with Crippen molar-refractivity contribution in [3.8, 4) is 17.2 Å². The van der Waals surface area contributed by atoms with Gasteiger partial charge >= 0.3 is 0 Å². The van der Waals surface area contributed by atoms with E-state index < -0.39 is 0 Å². The molecule has 0 unspecified atom stereocenters. The summed E-state index contributed by atoms with van der Waals surface area (Å²) in [5.74, 6) is 0. The number of aryl methyl sites for hydroxylation is 1. The highest BCUT2D eigenvalue weighted by Crippen LogP contribution is 2.30. The van der Waals surface area contributed by atoms with Crippen molar-refractivity contribution >= 4 is 0 Å². The van der Waals surface area contributed by atoms with Gasteiger partial charge in [-0.1, -0.05) is 18.9 Å². The summed E-state index contributed by atoms with van der Waals surface area (Å²) in [5.41, 5.74) is 4.01. The number of benzene rings is 1. The highest BCUT2D eigenvalue weighted by atomic mass is 15.3. The van der Waals surface area contributed by atoms with Crippen LogP contribution in [0.3, 0.4) is 0 Å². The number of nitriles is 1. The average molecular weight is 251 g/mol. The molecule has 3 nitrogen and oxygen atoms in total. The fourth-order valence-corrected chi connectivity index (χ4v) is 2.87. The van der Waals surface area contributed by atoms with Gasteiger partial charge in [-0.25, -0.2) is 0 Å². The second-order valence-corrected chi connectivity index (χ2v) is 5.35. The highest BCUT2D eigenvalue weighted by Gasteiger charge is 2.17. The molecular weight excluding hydrogens is 234 g/mol. The minimum atomic E-state index is 0.564. The molecule has 0 spiro atoms. The van der Waals surface area contributed by atoms with Crippen LogP contribution in [0.25, 0.3) is 11.1 Å².